The molecule has 2 aromatic carbocycles. The van der Waals surface area contributed by atoms with E-state index in [2.05, 4.69) is 0 Å². The number of nitrogens with zero attached hydrogens (tertiary/aromatic N) is 1. The molecule has 0 radical (unpaired) electrons. The molecule has 0 aliphatic heterocycles. The third-order valence-electron chi connectivity index (χ3n) is 4.00. The second-order valence-electron chi connectivity index (χ2n) is 5.47. The van der Waals surface area contributed by atoms with Crippen molar-refractivity contribution in [3.63, 3.8) is 0 Å². The molecule has 0 N–H and O–H groups in total. The molecular formula is C18H16ClNO6. The van der Waals surface area contributed by atoms with Crippen molar-refractivity contribution in [3.8, 4) is 0 Å². The second kappa shape index (κ2) is 7.97. The van der Waals surface area contributed by atoms with Gasteiger partial charge in [-0.25, -0.2) is 0 Å². The number of non-ortho nitro benzene ring substituents is 1. The molecule has 0 aromatic heterocycles. The van der Waals surface area contributed by atoms with E-state index >= 15 is 0 Å². The number of halogens is 1. The van der Waals surface area contributed by atoms with Gasteiger partial charge in [0.2, 0.25) is 0 Å². The third kappa shape index (κ3) is 3.52. The van der Waals surface area contributed by atoms with Gasteiger partial charge in [-0.3, -0.25) is 19.7 Å². The van der Waals surface area contributed by atoms with Gasteiger partial charge in [-0.15, -0.1) is 0 Å². The van der Waals surface area contributed by atoms with Gasteiger partial charge < -0.3 is 9.47 Å². The molecule has 0 aliphatic rings. The molecule has 0 bridgehead atoms. The van der Waals surface area contributed by atoms with Crippen LogP contribution in [-0.4, -0.2) is 31.1 Å². The van der Waals surface area contributed by atoms with Gasteiger partial charge in [0, 0.05) is 24.1 Å². The molecule has 7 nitrogen and oxygen atoms in total. The van der Waals surface area contributed by atoms with E-state index in [0.717, 1.165) is 20.3 Å². The molecule has 26 heavy (non-hydrogen) atoms. The smallest absolute Gasteiger partial charge is 0.328 e. The maximum absolute atomic E-state index is 12.7. The lowest BCUT2D eigenvalue weighted by Crippen LogP contribution is -2.47. The average Bonchev–Trinajstić information content (AvgIpc) is 2.65. The standard InChI is InChI=1S/C18H16ClNO6/c1-25-16(21)18(17(22)26-2,11-12-6-4-3-5-7-12)14-9-8-13(20(23)24)10-15(14)19/h3-10H,11H2,1-2H3. The highest BCUT2D eigenvalue weighted by molar-refractivity contribution is 6.32. The molecule has 0 amide bonds. The number of benzene rings is 2. The van der Waals surface area contributed by atoms with Crippen LogP contribution < -0.4 is 0 Å². The lowest BCUT2D eigenvalue weighted by atomic mass is 9.75. The van der Waals surface area contributed by atoms with Crippen molar-refractivity contribution in [1.29, 1.82) is 0 Å². The van der Waals surface area contributed by atoms with Gasteiger partial charge in [0.05, 0.1) is 24.2 Å². The Morgan fingerprint density at radius 1 is 1.08 bits per heavy atom. The Hall–Kier alpha value is -2.93. The van der Waals surface area contributed by atoms with Crippen molar-refractivity contribution in [2.45, 2.75) is 11.8 Å². The SMILES string of the molecule is COC(=O)C(Cc1ccccc1)(C(=O)OC)c1ccc([N+](=O)[O-])cc1Cl. The van der Waals surface area contributed by atoms with E-state index in [0.29, 0.717) is 5.56 Å². The quantitative estimate of drug-likeness (QED) is 0.332. The highest BCUT2D eigenvalue weighted by atomic mass is 35.5. The largest absolute Gasteiger partial charge is 0.468 e. The van der Waals surface area contributed by atoms with E-state index in [-0.39, 0.29) is 22.7 Å². The number of carbonyl (C=O) groups is 2. The second-order valence-corrected chi connectivity index (χ2v) is 5.88. The van der Waals surface area contributed by atoms with Crippen LogP contribution in [0.15, 0.2) is 48.5 Å². The first-order valence-corrected chi connectivity index (χ1v) is 7.89. The average molecular weight is 378 g/mol. The summed E-state index contributed by atoms with van der Waals surface area (Å²) in [6, 6.07) is 12.3. The first-order valence-electron chi connectivity index (χ1n) is 7.52. The molecule has 0 unspecified atom stereocenters. The number of nitro benzene ring substituents is 1. The minimum absolute atomic E-state index is 0.0762. The zero-order valence-electron chi connectivity index (χ0n) is 14.1. The van der Waals surface area contributed by atoms with Gasteiger partial charge in [-0.2, -0.15) is 0 Å². The lowest BCUT2D eigenvalue weighted by molar-refractivity contribution is -0.384. The van der Waals surface area contributed by atoms with Crippen molar-refractivity contribution < 1.29 is 24.0 Å². The van der Waals surface area contributed by atoms with E-state index in [1.807, 2.05) is 0 Å². The first kappa shape index (κ1) is 19.4. The zero-order valence-corrected chi connectivity index (χ0v) is 14.9. The maximum Gasteiger partial charge on any atom is 0.328 e. The molecule has 0 fully saturated rings. The Morgan fingerprint density at radius 3 is 2.12 bits per heavy atom. The molecule has 136 valence electrons. The van der Waals surface area contributed by atoms with Gasteiger partial charge in [0.15, 0.2) is 5.41 Å². The molecule has 0 heterocycles. The number of ether oxygens (including phenoxy) is 2. The molecule has 0 saturated carbocycles. The minimum Gasteiger partial charge on any atom is -0.468 e. The summed E-state index contributed by atoms with van der Waals surface area (Å²) in [5.74, 6) is -1.74. The summed E-state index contributed by atoms with van der Waals surface area (Å²) in [7, 11) is 2.29. The van der Waals surface area contributed by atoms with Gasteiger partial charge in [-0.1, -0.05) is 41.9 Å². The predicted molar refractivity (Wildman–Crippen MR) is 94.0 cm³/mol. The number of hydrogen-bond donors (Lipinski definition) is 0. The summed E-state index contributed by atoms with van der Waals surface area (Å²) in [6.07, 6.45) is -0.0787. The predicted octanol–water partition coefficient (Wildman–Crippen LogP) is 3.07. The fourth-order valence-electron chi connectivity index (χ4n) is 2.76. The van der Waals surface area contributed by atoms with Crippen LogP contribution in [0.4, 0.5) is 5.69 Å². The van der Waals surface area contributed by atoms with Crippen molar-refractivity contribution in [2.24, 2.45) is 0 Å². The number of rotatable bonds is 6. The van der Waals surface area contributed by atoms with E-state index in [4.69, 9.17) is 21.1 Å². The van der Waals surface area contributed by atoms with Crippen LogP contribution in [0.1, 0.15) is 11.1 Å². The summed E-state index contributed by atoms with van der Waals surface area (Å²) >= 11 is 6.21. The molecule has 0 atom stereocenters. The Bertz CT molecular complexity index is 821. The Morgan fingerprint density at radius 2 is 1.65 bits per heavy atom. The van der Waals surface area contributed by atoms with Crippen LogP contribution >= 0.6 is 11.6 Å². The van der Waals surface area contributed by atoms with Crippen molar-refractivity contribution in [3.05, 3.63) is 74.8 Å². The lowest BCUT2D eigenvalue weighted by Gasteiger charge is -2.29. The summed E-state index contributed by atoms with van der Waals surface area (Å²) in [5.41, 5.74) is -1.41. The number of methoxy groups -OCH3 is 2. The normalized spacial score (nSPS) is 10.9. The van der Waals surface area contributed by atoms with E-state index in [1.165, 1.54) is 12.1 Å². The first-order chi connectivity index (χ1) is 12.4. The van der Waals surface area contributed by atoms with Crippen LogP contribution in [0.2, 0.25) is 5.02 Å². The van der Waals surface area contributed by atoms with Crippen LogP contribution in [0.5, 0.6) is 0 Å². The third-order valence-corrected chi connectivity index (χ3v) is 4.32. The van der Waals surface area contributed by atoms with Gasteiger partial charge in [-0.05, 0) is 11.6 Å². The van der Waals surface area contributed by atoms with Crippen molar-refractivity contribution in [2.75, 3.05) is 14.2 Å². The minimum atomic E-state index is -1.89. The molecular weight excluding hydrogens is 362 g/mol. The summed E-state index contributed by atoms with van der Waals surface area (Å²) < 4.78 is 9.73. The van der Waals surface area contributed by atoms with Crippen LogP contribution in [0, 0.1) is 10.1 Å². The molecule has 2 aromatic rings. The van der Waals surface area contributed by atoms with Gasteiger partial charge in [0.1, 0.15) is 0 Å². The van der Waals surface area contributed by atoms with E-state index in [1.54, 1.807) is 30.3 Å². The van der Waals surface area contributed by atoms with E-state index in [9.17, 15) is 19.7 Å². The highest BCUT2D eigenvalue weighted by Crippen LogP contribution is 2.38. The number of esters is 2. The summed E-state index contributed by atoms with van der Waals surface area (Å²) in [6.45, 7) is 0. The maximum atomic E-state index is 12.7. The van der Waals surface area contributed by atoms with Crippen LogP contribution in [0.25, 0.3) is 0 Å². The number of carbonyl (C=O) groups excluding carboxylic acids is 2. The highest BCUT2D eigenvalue weighted by Gasteiger charge is 2.51. The molecule has 0 spiro atoms. The fourth-order valence-corrected chi connectivity index (χ4v) is 3.09. The zero-order chi connectivity index (χ0) is 19.3. The van der Waals surface area contributed by atoms with Gasteiger partial charge in [0.25, 0.3) is 5.69 Å². The summed E-state index contributed by atoms with van der Waals surface area (Å²) in [5, 5.41) is 10.8. The molecule has 0 aliphatic carbocycles. The van der Waals surface area contributed by atoms with Crippen molar-refractivity contribution in [1.82, 2.24) is 0 Å². The van der Waals surface area contributed by atoms with Crippen LogP contribution in [-0.2, 0) is 30.9 Å². The fraction of sp³-hybridized carbons (Fsp3) is 0.222. The Balaban J connectivity index is 2.71. The van der Waals surface area contributed by atoms with E-state index < -0.39 is 22.3 Å². The Kier molecular flexibility index (Phi) is 5.94. The summed E-state index contributed by atoms with van der Waals surface area (Å²) in [4.78, 5) is 35.7. The van der Waals surface area contributed by atoms with Gasteiger partial charge >= 0.3 is 11.9 Å². The number of nitro groups is 1. The number of hydrogen-bond acceptors (Lipinski definition) is 6. The topological polar surface area (TPSA) is 95.7 Å². The Labute approximate surface area is 154 Å². The molecule has 0 saturated heterocycles. The molecule has 2 rings (SSSR count). The monoisotopic (exact) mass is 377 g/mol. The van der Waals surface area contributed by atoms with Crippen LogP contribution in [0.3, 0.4) is 0 Å². The van der Waals surface area contributed by atoms with Crippen molar-refractivity contribution >= 4 is 29.2 Å². The molecule has 8 heteroatoms.